The highest BCUT2D eigenvalue weighted by Gasteiger charge is 2.54. The predicted octanol–water partition coefficient (Wildman–Crippen LogP) is 4.08. The molecule has 2 amide bonds. The average Bonchev–Trinajstić information content (AvgIpc) is 2.53. The van der Waals surface area contributed by atoms with E-state index in [0.717, 1.165) is 18.2 Å². The monoisotopic (exact) mass is 361 g/mol. The van der Waals surface area contributed by atoms with E-state index >= 15 is 0 Å². The van der Waals surface area contributed by atoms with Crippen LogP contribution >= 0.6 is 0 Å². The summed E-state index contributed by atoms with van der Waals surface area (Å²) >= 11 is 0. The summed E-state index contributed by atoms with van der Waals surface area (Å²) in [6.07, 6.45) is -5.71. The molecule has 138 valence electrons. The van der Waals surface area contributed by atoms with Crippen LogP contribution in [0.2, 0.25) is 0 Å². The zero-order valence-electron chi connectivity index (χ0n) is 13.9. The molecule has 25 heavy (non-hydrogen) atoms. The number of benzene rings is 1. The SMILES string of the molecule is CCOC(=O)[N@+]1(NC(=O)O)c2ccc(C(F)(F)F)cc2CC[C@@H]1CC. The molecule has 0 aromatic heterocycles. The molecular weight excluding hydrogens is 341 g/mol. The van der Waals surface area contributed by atoms with Crippen LogP contribution in [-0.4, -0.2) is 29.9 Å². The van der Waals surface area contributed by atoms with Gasteiger partial charge < -0.3 is 9.84 Å². The number of carboxylic acid groups (broad SMARTS) is 1. The molecule has 2 atom stereocenters. The number of halogens is 3. The molecule has 2 N–H and O–H groups in total. The molecule has 0 saturated heterocycles. The second kappa shape index (κ2) is 6.91. The van der Waals surface area contributed by atoms with Crippen molar-refractivity contribution in [2.45, 2.75) is 45.3 Å². The van der Waals surface area contributed by atoms with Crippen LogP contribution in [-0.2, 0) is 17.3 Å². The third-order valence-corrected chi connectivity index (χ3v) is 4.38. The van der Waals surface area contributed by atoms with Crippen LogP contribution in [0.25, 0.3) is 0 Å². The van der Waals surface area contributed by atoms with Crippen LogP contribution in [0, 0.1) is 0 Å². The van der Waals surface area contributed by atoms with Crippen molar-refractivity contribution in [1.29, 1.82) is 0 Å². The number of fused-ring (bicyclic) bond motifs is 1. The molecule has 0 unspecified atom stereocenters. The molecule has 1 aromatic carbocycles. The number of carbonyl (C=O) groups is 2. The zero-order chi connectivity index (χ0) is 18.8. The van der Waals surface area contributed by atoms with E-state index in [1.807, 2.05) is 0 Å². The van der Waals surface area contributed by atoms with Gasteiger partial charge in [0.05, 0.1) is 12.2 Å². The van der Waals surface area contributed by atoms with E-state index in [4.69, 9.17) is 4.74 Å². The lowest BCUT2D eigenvalue weighted by Gasteiger charge is -2.41. The van der Waals surface area contributed by atoms with Gasteiger partial charge in [0.2, 0.25) is 0 Å². The van der Waals surface area contributed by atoms with Gasteiger partial charge in [-0.2, -0.15) is 18.0 Å². The van der Waals surface area contributed by atoms with Gasteiger partial charge in [-0.05, 0) is 31.9 Å². The summed E-state index contributed by atoms with van der Waals surface area (Å²) in [6, 6.07) is 2.51. The lowest BCUT2D eigenvalue weighted by atomic mass is 9.92. The predicted molar refractivity (Wildman–Crippen MR) is 83.8 cm³/mol. The summed E-state index contributed by atoms with van der Waals surface area (Å²) in [7, 11) is 0. The summed E-state index contributed by atoms with van der Waals surface area (Å²) < 4.78 is 43.1. The number of aryl methyl sites for hydroxylation is 1. The van der Waals surface area contributed by atoms with E-state index in [-0.39, 0.29) is 17.9 Å². The molecule has 0 saturated carbocycles. The molecule has 2 rings (SSSR count). The number of amides is 2. The molecule has 0 aliphatic carbocycles. The highest BCUT2D eigenvalue weighted by molar-refractivity contribution is 5.87. The number of hydrogen-bond acceptors (Lipinski definition) is 3. The maximum Gasteiger partial charge on any atom is 0.547 e. The summed E-state index contributed by atoms with van der Waals surface area (Å²) in [5.41, 5.74) is 1.81. The molecular formula is C16H20F3N2O4+. The number of rotatable bonds is 2. The number of alkyl halides is 3. The molecule has 1 heterocycles. The quantitative estimate of drug-likeness (QED) is 0.779. The summed E-state index contributed by atoms with van der Waals surface area (Å²) in [5, 5.41) is 9.26. The molecule has 6 nitrogen and oxygen atoms in total. The topological polar surface area (TPSA) is 75.6 Å². The molecule has 1 aromatic rings. The van der Waals surface area contributed by atoms with Gasteiger partial charge in [0.1, 0.15) is 6.04 Å². The molecule has 0 fully saturated rings. The molecule has 0 radical (unpaired) electrons. The van der Waals surface area contributed by atoms with Gasteiger partial charge in [-0.15, -0.1) is 5.43 Å². The minimum atomic E-state index is -4.52. The molecule has 9 heteroatoms. The number of hydrogen-bond donors (Lipinski definition) is 2. The first-order valence-electron chi connectivity index (χ1n) is 7.94. The largest absolute Gasteiger partial charge is 0.547 e. The number of ether oxygens (including phenoxy) is 1. The third-order valence-electron chi connectivity index (χ3n) is 4.38. The first-order valence-corrected chi connectivity index (χ1v) is 7.94. The summed E-state index contributed by atoms with van der Waals surface area (Å²) in [5.74, 6) is 0. The molecule has 0 bridgehead atoms. The van der Waals surface area contributed by atoms with Crippen LogP contribution in [0.15, 0.2) is 18.2 Å². The van der Waals surface area contributed by atoms with Gasteiger partial charge in [0, 0.05) is 18.1 Å². The third kappa shape index (κ3) is 3.41. The van der Waals surface area contributed by atoms with E-state index < -0.39 is 34.6 Å². The Hall–Kier alpha value is -2.29. The fraction of sp³-hybridized carbons (Fsp3) is 0.500. The Labute approximate surface area is 142 Å². The van der Waals surface area contributed by atoms with Gasteiger partial charge in [0.15, 0.2) is 5.69 Å². The number of carbonyl (C=O) groups excluding carboxylic acids is 1. The minimum absolute atomic E-state index is 0.0204. The Kier molecular flexibility index (Phi) is 5.26. The van der Waals surface area contributed by atoms with E-state index in [9.17, 15) is 27.9 Å². The first kappa shape index (κ1) is 19.0. The summed E-state index contributed by atoms with van der Waals surface area (Å²) in [4.78, 5) is 24.0. The van der Waals surface area contributed by atoms with Crippen molar-refractivity contribution >= 4 is 17.9 Å². The van der Waals surface area contributed by atoms with E-state index in [0.29, 0.717) is 19.3 Å². The van der Waals surface area contributed by atoms with Crippen molar-refractivity contribution in [2.75, 3.05) is 6.61 Å². The fourth-order valence-corrected chi connectivity index (χ4v) is 3.32. The zero-order valence-corrected chi connectivity index (χ0v) is 13.9. The standard InChI is InChI=1S/C16H19F3N2O4/c1-3-12-7-5-10-9-11(16(17,18)19)6-8-13(10)21(12,20-14(22)23)15(24)25-4-2/h6,8-9,12,20H,3-5,7H2,1-2H3/p+1/t12-,21+/m0/s1. The smallest absolute Gasteiger partial charge is 0.462 e. The Morgan fingerprint density at radius 1 is 1.36 bits per heavy atom. The van der Waals surface area contributed by atoms with Crippen LogP contribution in [0.4, 0.5) is 28.4 Å². The number of nitrogens with one attached hydrogen (secondary N) is 1. The van der Waals surface area contributed by atoms with Crippen LogP contribution in [0.5, 0.6) is 0 Å². The Morgan fingerprint density at radius 2 is 2.04 bits per heavy atom. The van der Waals surface area contributed by atoms with Crippen LogP contribution in [0.1, 0.15) is 37.8 Å². The summed E-state index contributed by atoms with van der Waals surface area (Å²) in [6.45, 7) is 3.38. The minimum Gasteiger partial charge on any atom is -0.462 e. The lowest BCUT2D eigenvalue weighted by Crippen LogP contribution is -2.71. The maximum absolute atomic E-state index is 13.0. The highest BCUT2D eigenvalue weighted by atomic mass is 19.4. The normalized spacial score (nSPS) is 22.8. The fourth-order valence-electron chi connectivity index (χ4n) is 3.32. The molecule has 0 spiro atoms. The van der Waals surface area contributed by atoms with Gasteiger partial charge in [-0.25, -0.2) is 4.79 Å². The van der Waals surface area contributed by atoms with Crippen LogP contribution in [0.3, 0.4) is 0 Å². The number of nitrogens with zero attached hydrogens (tertiary/aromatic N) is 1. The molecule has 1 aliphatic heterocycles. The van der Waals surface area contributed by atoms with E-state index in [1.54, 1.807) is 13.8 Å². The maximum atomic E-state index is 13.0. The average molecular weight is 361 g/mol. The van der Waals surface area contributed by atoms with Crippen molar-refractivity contribution in [3.8, 4) is 0 Å². The Balaban J connectivity index is 2.67. The van der Waals surface area contributed by atoms with Gasteiger partial charge in [-0.1, -0.05) is 11.5 Å². The molecule has 1 aliphatic rings. The van der Waals surface area contributed by atoms with Crippen molar-refractivity contribution in [3.63, 3.8) is 0 Å². The first-order chi connectivity index (χ1) is 11.7. The van der Waals surface area contributed by atoms with Crippen molar-refractivity contribution < 1.29 is 32.6 Å². The van der Waals surface area contributed by atoms with Crippen molar-refractivity contribution in [2.24, 2.45) is 0 Å². The van der Waals surface area contributed by atoms with Crippen molar-refractivity contribution in [1.82, 2.24) is 10.0 Å². The van der Waals surface area contributed by atoms with Gasteiger partial charge in [-0.3, -0.25) is 0 Å². The van der Waals surface area contributed by atoms with E-state index in [2.05, 4.69) is 5.43 Å². The van der Waals surface area contributed by atoms with E-state index in [1.165, 1.54) is 0 Å². The van der Waals surface area contributed by atoms with Crippen molar-refractivity contribution in [3.05, 3.63) is 29.3 Å². The Morgan fingerprint density at radius 3 is 2.56 bits per heavy atom. The van der Waals surface area contributed by atoms with Gasteiger partial charge in [0.25, 0.3) is 0 Å². The second-order valence-corrected chi connectivity index (χ2v) is 5.78. The van der Waals surface area contributed by atoms with Crippen LogP contribution < -0.4 is 10.0 Å². The lowest BCUT2D eigenvalue weighted by molar-refractivity contribution is -0.137. The second-order valence-electron chi connectivity index (χ2n) is 5.78. The van der Waals surface area contributed by atoms with Gasteiger partial charge >= 0.3 is 18.4 Å². The Bertz CT molecular complexity index is 678. The number of quaternary nitrogens is 1. The highest BCUT2D eigenvalue weighted by Crippen LogP contribution is 2.41.